The maximum Gasteiger partial charge on any atom is 0.271 e. The Morgan fingerprint density at radius 2 is 2.17 bits per heavy atom. The molecule has 1 fully saturated rings. The Balaban J connectivity index is 1.68. The molecule has 1 unspecified atom stereocenters. The van der Waals surface area contributed by atoms with E-state index in [-0.39, 0.29) is 11.9 Å². The highest BCUT2D eigenvalue weighted by Gasteiger charge is 2.31. The van der Waals surface area contributed by atoms with Gasteiger partial charge in [0.2, 0.25) is 0 Å². The van der Waals surface area contributed by atoms with Gasteiger partial charge in [0.1, 0.15) is 16.5 Å². The second kappa shape index (κ2) is 7.10. The number of nitrogens with zero attached hydrogens (tertiary/aromatic N) is 1. The summed E-state index contributed by atoms with van der Waals surface area (Å²) in [5.41, 5.74) is 7.17. The van der Waals surface area contributed by atoms with Crippen molar-refractivity contribution in [2.24, 2.45) is 11.7 Å². The zero-order valence-corrected chi connectivity index (χ0v) is 13.9. The van der Waals surface area contributed by atoms with Crippen molar-refractivity contribution < 1.29 is 9.53 Å². The van der Waals surface area contributed by atoms with Crippen LogP contribution in [0.3, 0.4) is 0 Å². The van der Waals surface area contributed by atoms with Crippen molar-refractivity contribution in [3.63, 3.8) is 0 Å². The highest BCUT2D eigenvalue weighted by Crippen LogP contribution is 2.32. The fraction of sp³-hybridized carbons (Fsp3) is 0.412. The Labute approximate surface area is 139 Å². The van der Waals surface area contributed by atoms with Crippen molar-refractivity contribution in [3.05, 3.63) is 35.3 Å². The number of nitrogens with one attached hydrogen (secondary N) is 1. The van der Waals surface area contributed by atoms with Crippen molar-refractivity contribution in [2.75, 3.05) is 13.2 Å². The van der Waals surface area contributed by atoms with E-state index in [1.54, 1.807) is 5.38 Å². The molecule has 1 saturated carbocycles. The largest absolute Gasteiger partial charge is 0.494 e. The van der Waals surface area contributed by atoms with Crippen LogP contribution in [0.2, 0.25) is 0 Å². The molecule has 1 aromatic carbocycles. The Morgan fingerprint density at radius 3 is 2.78 bits per heavy atom. The van der Waals surface area contributed by atoms with E-state index in [0.29, 0.717) is 24.8 Å². The summed E-state index contributed by atoms with van der Waals surface area (Å²) in [5.74, 6) is 1.23. The molecular weight excluding hydrogens is 310 g/mol. The second-order valence-electron chi connectivity index (χ2n) is 5.65. The standard InChI is InChI=1S/C17H21N3O2S/c1-2-22-13-7-5-12(6-8-13)17-20-15(10-23-17)16(21)19-14(9-18)11-3-4-11/h5-8,10-11,14H,2-4,9,18H2,1H3,(H,19,21). The highest BCUT2D eigenvalue weighted by atomic mass is 32.1. The van der Waals surface area contributed by atoms with E-state index in [9.17, 15) is 4.79 Å². The predicted octanol–water partition coefficient (Wildman–Crippen LogP) is 2.68. The molecule has 3 N–H and O–H groups in total. The lowest BCUT2D eigenvalue weighted by atomic mass is 10.2. The fourth-order valence-corrected chi connectivity index (χ4v) is 3.29. The van der Waals surface area contributed by atoms with Gasteiger partial charge in [0.25, 0.3) is 5.91 Å². The number of aromatic nitrogens is 1. The Bertz CT molecular complexity index is 665. The number of carbonyl (C=O) groups excluding carboxylic acids is 1. The Morgan fingerprint density at radius 1 is 1.43 bits per heavy atom. The van der Waals surface area contributed by atoms with Crippen LogP contribution in [0.5, 0.6) is 5.75 Å². The number of benzene rings is 1. The molecule has 1 aliphatic rings. The summed E-state index contributed by atoms with van der Waals surface area (Å²) in [7, 11) is 0. The SMILES string of the molecule is CCOc1ccc(-c2nc(C(=O)NC(CN)C3CC3)cs2)cc1. The molecule has 1 aromatic heterocycles. The second-order valence-corrected chi connectivity index (χ2v) is 6.51. The van der Waals surface area contributed by atoms with Crippen molar-refractivity contribution in [2.45, 2.75) is 25.8 Å². The van der Waals surface area contributed by atoms with Gasteiger partial charge in [-0.25, -0.2) is 4.98 Å². The van der Waals surface area contributed by atoms with Crippen LogP contribution in [0.15, 0.2) is 29.6 Å². The van der Waals surface area contributed by atoms with E-state index in [1.165, 1.54) is 11.3 Å². The Hall–Kier alpha value is -1.92. The summed E-state index contributed by atoms with van der Waals surface area (Å²) in [6, 6.07) is 7.81. The number of hydrogen-bond donors (Lipinski definition) is 2. The van der Waals surface area contributed by atoms with Crippen LogP contribution in [0.25, 0.3) is 10.6 Å². The van der Waals surface area contributed by atoms with Crippen LogP contribution < -0.4 is 15.8 Å². The smallest absolute Gasteiger partial charge is 0.271 e. The first-order valence-corrected chi connectivity index (χ1v) is 8.79. The van der Waals surface area contributed by atoms with Gasteiger partial charge in [0.15, 0.2) is 0 Å². The van der Waals surface area contributed by atoms with Gasteiger partial charge >= 0.3 is 0 Å². The van der Waals surface area contributed by atoms with Crippen LogP contribution in [0.4, 0.5) is 0 Å². The van der Waals surface area contributed by atoms with E-state index in [2.05, 4.69) is 10.3 Å². The molecule has 0 bridgehead atoms. The molecule has 5 nitrogen and oxygen atoms in total. The third-order valence-corrected chi connectivity index (χ3v) is 4.80. The lowest BCUT2D eigenvalue weighted by Gasteiger charge is -2.14. The number of thiazole rings is 1. The average Bonchev–Trinajstić information content (AvgIpc) is 3.29. The minimum atomic E-state index is -0.138. The van der Waals surface area contributed by atoms with Crippen molar-refractivity contribution in [1.82, 2.24) is 10.3 Å². The molecule has 23 heavy (non-hydrogen) atoms. The minimum Gasteiger partial charge on any atom is -0.494 e. The first kappa shape index (κ1) is 16.0. The first-order valence-electron chi connectivity index (χ1n) is 7.91. The summed E-state index contributed by atoms with van der Waals surface area (Å²) in [6.07, 6.45) is 2.30. The topological polar surface area (TPSA) is 77.2 Å². The van der Waals surface area contributed by atoms with Crippen LogP contribution in [0, 0.1) is 5.92 Å². The van der Waals surface area contributed by atoms with Crippen LogP contribution in [-0.4, -0.2) is 30.1 Å². The average molecular weight is 331 g/mol. The molecule has 1 aliphatic carbocycles. The maximum absolute atomic E-state index is 12.3. The zero-order valence-electron chi connectivity index (χ0n) is 13.1. The van der Waals surface area contributed by atoms with Gasteiger partial charge in [0, 0.05) is 23.5 Å². The van der Waals surface area contributed by atoms with Crippen LogP contribution in [-0.2, 0) is 0 Å². The molecule has 0 saturated heterocycles. The van der Waals surface area contributed by atoms with Crippen LogP contribution in [0.1, 0.15) is 30.3 Å². The number of ether oxygens (including phenoxy) is 1. The van der Waals surface area contributed by atoms with E-state index in [1.807, 2.05) is 31.2 Å². The van der Waals surface area contributed by atoms with Gasteiger partial charge in [-0.2, -0.15) is 0 Å². The van der Waals surface area contributed by atoms with Crippen molar-refractivity contribution in [3.8, 4) is 16.3 Å². The summed E-state index contributed by atoms with van der Waals surface area (Å²) in [5, 5.41) is 5.62. The molecule has 122 valence electrons. The molecular formula is C17H21N3O2S. The number of amides is 1. The molecule has 0 radical (unpaired) electrons. The van der Waals surface area contributed by atoms with Gasteiger partial charge in [-0.1, -0.05) is 0 Å². The molecule has 0 aliphatic heterocycles. The van der Waals surface area contributed by atoms with Crippen molar-refractivity contribution >= 4 is 17.2 Å². The lowest BCUT2D eigenvalue weighted by molar-refractivity contribution is 0.0929. The van der Waals surface area contributed by atoms with Gasteiger partial charge in [0.05, 0.1) is 6.61 Å². The Kier molecular flexibility index (Phi) is 4.93. The number of nitrogens with two attached hydrogens (primary N) is 1. The quantitative estimate of drug-likeness (QED) is 0.818. The number of rotatable bonds is 7. The van der Waals surface area contributed by atoms with E-state index < -0.39 is 0 Å². The third kappa shape index (κ3) is 3.89. The van der Waals surface area contributed by atoms with E-state index in [0.717, 1.165) is 29.2 Å². The summed E-state index contributed by atoms with van der Waals surface area (Å²) < 4.78 is 5.43. The van der Waals surface area contributed by atoms with Gasteiger partial charge < -0.3 is 15.8 Å². The summed E-state index contributed by atoms with van der Waals surface area (Å²) in [4.78, 5) is 16.7. The van der Waals surface area contributed by atoms with Gasteiger partial charge in [-0.3, -0.25) is 4.79 Å². The lowest BCUT2D eigenvalue weighted by Crippen LogP contribution is -2.41. The molecule has 2 aromatic rings. The van der Waals surface area contributed by atoms with Crippen LogP contribution >= 0.6 is 11.3 Å². The zero-order chi connectivity index (χ0) is 16.2. The number of carbonyl (C=O) groups is 1. The van der Waals surface area contributed by atoms with E-state index in [4.69, 9.17) is 10.5 Å². The molecule has 1 amide bonds. The monoisotopic (exact) mass is 331 g/mol. The summed E-state index contributed by atoms with van der Waals surface area (Å²) in [6.45, 7) is 3.08. The third-order valence-electron chi connectivity index (χ3n) is 3.91. The summed E-state index contributed by atoms with van der Waals surface area (Å²) >= 11 is 1.46. The predicted molar refractivity (Wildman–Crippen MR) is 91.8 cm³/mol. The van der Waals surface area contributed by atoms with Crippen molar-refractivity contribution in [1.29, 1.82) is 0 Å². The van der Waals surface area contributed by atoms with Gasteiger partial charge in [-0.15, -0.1) is 11.3 Å². The highest BCUT2D eigenvalue weighted by molar-refractivity contribution is 7.13. The molecule has 1 atom stereocenters. The molecule has 6 heteroatoms. The molecule has 1 heterocycles. The fourth-order valence-electron chi connectivity index (χ4n) is 2.48. The maximum atomic E-state index is 12.3. The van der Waals surface area contributed by atoms with Gasteiger partial charge in [-0.05, 0) is 49.9 Å². The normalized spacial score (nSPS) is 15.2. The number of hydrogen-bond acceptors (Lipinski definition) is 5. The van der Waals surface area contributed by atoms with E-state index >= 15 is 0 Å². The molecule has 3 rings (SSSR count). The minimum absolute atomic E-state index is 0.0677. The molecule has 0 spiro atoms. The first-order chi connectivity index (χ1) is 11.2.